The van der Waals surface area contributed by atoms with Crippen LogP contribution < -0.4 is 14.8 Å². The first-order valence-corrected chi connectivity index (χ1v) is 7.01. The first kappa shape index (κ1) is 19.3. The third-order valence-electron chi connectivity index (χ3n) is 3.33. The summed E-state index contributed by atoms with van der Waals surface area (Å²) in [4.78, 5) is 19.3. The van der Waals surface area contributed by atoms with Gasteiger partial charge < -0.3 is 24.6 Å². The minimum Gasteiger partial charge on any atom is -0.454 e. The fourth-order valence-electron chi connectivity index (χ4n) is 2.09. The number of hydrogen-bond acceptors (Lipinski definition) is 4. The van der Waals surface area contributed by atoms with Gasteiger partial charge in [-0.1, -0.05) is 6.07 Å². The molecule has 2 rings (SSSR count). The summed E-state index contributed by atoms with van der Waals surface area (Å²) in [5.41, 5.74) is 1.08. The van der Waals surface area contributed by atoms with E-state index in [1.807, 2.05) is 30.1 Å². The molecule has 0 bridgehead atoms. The molecule has 1 amide bonds. The normalized spacial score (nSPS) is 12.4. The second-order valence-corrected chi connectivity index (χ2v) is 5.23. The minimum atomic E-state index is -0.00219. The van der Waals surface area contributed by atoms with Crippen LogP contribution in [-0.4, -0.2) is 63.2 Å². The predicted octanol–water partition coefficient (Wildman–Crippen LogP) is 1.13. The van der Waals surface area contributed by atoms with Crippen molar-refractivity contribution in [3.63, 3.8) is 0 Å². The Labute approximate surface area is 153 Å². The van der Waals surface area contributed by atoms with E-state index in [0.29, 0.717) is 12.5 Å². The minimum absolute atomic E-state index is 0. The molecule has 8 heteroatoms. The Bertz CT molecular complexity index is 578. The Morgan fingerprint density at radius 3 is 2.61 bits per heavy atom. The lowest BCUT2D eigenvalue weighted by Crippen LogP contribution is -2.43. The van der Waals surface area contributed by atoms with Crippen molar-refractivity contribution in [2.45, 2.75) is 6.54 Å². The topological polar surface area (TPSA) is 66.4 Å². The molecule has 1 aliphatic heterocycles. The number of aliphatic imine (C=N–C) groups is 1. The van der Waals surface area contributed by atoms with Gasteiger partial charge in [0.05, 0.1) is 6.54 Å². The maximum Gasteiger partial charge on any atom is 0.241 e. The molecule has 0 fully saturated rings. The van der Waals surface area contributed by atoms with E-state index in [-0.39, 0.29) is 43.2 Å². The van der Waals surface area contributed by atoms with Gasteiger partial charge >= 0.3 is 0 Å². The lowest BCUT2D eigenvalue weighted by Gasteiger charge is -2.22. The molecule has 0 unspecified atom stereocenters. The number of benzene rings is 1. The largest absolute Gasteiger partial charge is 0.454 e. The van der Waals surface area contributed by atoms with Crippen LogP contribution in [0.4, 0.5) is 0 Å². The highest BCUT2D eigenvalue weighted by Crippen LogP contribution is 2.32. The first-order chi connectivity index (χ1) is 10.5. The Balaban J connectivity index is 0.00000264. The van der Waals surface area contributed by atoms with E-state index in [1.54, 1.807) is 21.1 Å². The Hall–Kier alpha value is -1.71. The fourth-order valence-corrected chi connectivity index (χ4v) is 2.09. The molecule has 1 aromatic carbocycles. The van der Waals surface area contributed by atoms with Crippen molar-refractivity contribution >= 4 is 35.8 Å². The van der Waals surface area contributed by atoms with Gasteiger partial charge in [0.15, 0.2) is 17.5 Å². The average molecular weight is 434 g/mol. The van der Waals surface area contributed by atoms with Crippen LogP contribution in [0.15, 0.2) is 23.2 Å². The third-order valence-corrected chi connectivity index (χ3v) is 3.33. The lowest BCUT2D eigenvalue weighted by molar-refractivity contribution is -0.127. The van der Waals surface area contributed by atoms with E-state index in [4.69, 9.17) is 9.47 Å². The molecular formula is C15H23IN4O3. The molecule has 0 saturated carbocycles. The van der Waals surface area contributed by atoms with Crippen molar-refractivity contribution in [1.29, 1.82) is 0 Å². The van der Waals surface area contributed by atoms with Crippen molar-refractivity contribution in [1.82, 2.24) is 15.1 Å². The zero-order valence-electron chi connectivity index (χ0n) is 13.8. The molecule has 0 radical (unpaired) electrons. The molecule has 1 aromatic rings. The van der Waals surface area contributed by atoms with E-state index < -0.39 is 0 Å². The molecule has 1 aliphatic rings. The highest BCUT2D eigenvalue weighted by molar-refractivity contribution is 14.0. The van der Waals surface area contributed by atoms with Crippen LogP contribution in [0.2, 0.25) is 0 Å². The smallest absolute Gasteiger partial charge is 0.241 e. The second-order valence-electron chi connectivity index (χ2n) is 5.23. The quantitative estimate of drug-likeness (QED) is 0.438. The number of nitrogens with zero attached hydrogens (tertiary/aromatic N) is 3. The monoisotopic (exact) mass is 434 g/mol. The van der Waals surface area contributed by atoms with Gasteiger partial charge in [-0.2, -0.15) is 0 Å². The number of amides is 1. The molecule has 0 aliphatic carbocycles. The van der Waals surface area contributed by atoms with Crippen LogP contribution in [0.1, 0.15) is 5.56 Å². The van der Waals surface area contributed by atoms with Crippen LogP contribution in [0.25, 0.3) is 0 Å². The van der Waals surface area contributed by atoms with Gasteiger partial charge in [0, 0.05) is 34.7 Å². The van der Waals surface area contributed by atoms with Gasteiger partial charge in [0.25, 0.3) is 0 Å². The van der Waals surface area contributed by atoms with Gasteiger partial charge in [-0.3, -0.25) is 9.79 Å². The molecular weight excluding hydrogens is 411 g/mol. The van der Waals surface area contributed by atoms with Crippen molar-refractivity contribution in [3.8, 4) is 11.5 Å². The summed E-state index contributed by atoms with van der Waals surface area (Å²) in [5, 5.41) is 3.05. The maximum atomic E-state index is 11.6. The highest BCUT2D eigenvalue weighted by Gasteiger charge is 2.15. The van der Waals surface area contributed by atoms with E-state index in [2.05, 4.69) is 10.3 Å². The van der Waals surface area contributed by atoms with Gasteiger partial charge in [0.2, 0.25) is 12.7 Å². The molecule has 7 nitrogen and oxygen atoms in total. The molecule has 1 heterocycles. The fraction of sp³-hybridized carbons (Fsp3) is 0.467. The summed E-state index contributed by atoms with van der Waals surface area (Å²) >= 11 is 0. The van der Waals surface area contributed by atoms with Crippen LogP contribution in [-0.2, 0) is 11.3 Å². The zero-order valence-corrected chi connectivity index (χ0v) is 16.2. The lowest BCUT2D eigenvalue weighted by atomic mass is 10.2. The molecule has 0 saturated heterocycles. The molecule has 1 N–H and O–H groups in total. The highest BCUT2D eigenvalue weighted by atomic mass is 127. The number of rotatable bonds is 4. The number of likely N-dealkylation sites (N-methyl/N-ethyl adjacent to an activating group) is 1. The summed E-state index contributed by atoms with van der Waals surface area (Å²) in [6.45, 7) is 1.13. The van der Waals surface area contributed by atoms with Gasteiger partial charge in [-0.25, -0.2) is 0 Å². The van der Waals surface area contributed by atoms with E-state index in [9.17, 15) is 4.79 Å². The second kappa shape index (κ2) is 8.80. The van der Waals surface area contributed by atoms with Crippen molar-refractivity contribution in [2.75, 3.05) is 41.5 Å². The number of nitrogens with one attached hydrogen (secondary N) is 1. The van der Waals surface area contributed by atoms with Crippen molar-refractivity contribution in [2.24, 2.45) is 4.99 Å². The number of ether oxygens (including phenoxy) is 2. The van der Waals surface area contributed by atoms with Crippen LogP contribution >= 0.6 is 24.0 Å². The van der Waals surface area contributed by atoms with Crippen LogP contribution in [0, 0.1) is 0 Å². The SMILES string of the molecule is CN=C(NCC(=O)N(C)C)N(C)Cc1ccc2c(c1)OCO2.I. The Morgan fingerprint density at radius 2 is 1.96 bits per heavy atom. The van der Waals surface area contributed by atoms with E-state index in [1.165, 1.54) is 4.90 Å². The summed E-state index contributed by atoms with van der Waals surface area (Å²) in [6, 6.07) is 5.84. The standard InChI is InChI=1S/C15H22N4O3.HI/c1-16-15(17-8-14(20)18(2)3)19(4)9-11-5-6-12-13(7-11)22-10-21-12;/h5-7H,8-10H2,1-4H3,(H,16,17);1H. The summed E-state index contributed by atoms with van der Waals surface area (Å²) in [5.74, 6) is 2.19. The maximum absolute atomic E-state index is 11.6. The molecule has 0 aromatic heterocycles. The van der Waals surface area contributed by atoms with Gasteiger partial charge in [-0.15, -0.1) is 24.0 Å². The number of carbonyl (C=O) groups excluding carboxylic acids is 1. The molecule has 23 heavy (non-hydrogen) atoms. The van der Waals surface area contributed by atoms with Crippen LogP contribution in [0.3, 0.4) is 0 Å². The van der Waals surface area contributed by atoms with E-state index >= 15 is 0 Å². The number of fused-ring (bicyclic) bond motifs is 1. The van der Waals surface area contributed by atoms with Crippen LogP contribution in [0.5, 0.6) is 11.5 Å². The Morgan fingerprint density at radius 1 is 1.26 bits per heavy atom. The molecule has 0 atom stereocenters. The average Bonchev–Trinajstić information content (AvgIpc) is 2.95. The van der Waals surface area contributed by atoms with Gasteiger partial charge in [-0.05, 0) is 17.7 Å². The summed E-state index contributed by atoms with van der Waals surface area (Å²) in [7, 11) is 7.06. The zero-order chi connectivity index (χ0) is 16.1. The van der Waals surface area contributed by atoms with Crippen molar-refractivity contribution in [3.05, 3.63) is 23.8 Å². The first-order valence-electron chi connectivity index (χ1n) is 7.01. The number of hydrogen-bond donors (Lipinski definition) is 1. The Kier molecular flexibility index (Phi) is 7.40. The summed E-state index contributed by atoms with van der Waals surface area (Å²) < 4.78 is 10.7. The number of carbonyl (C=O) groups is 1. The van der Waals surface area contributed by atoms with Gasteiger partial charge in [0.1, 0.15) is 0 Å². The summed E-state index contributed by atoms with van der Waals surface area (Å²) in [6.07, 6.45) is 0. The molecule has 0 spiro atoms. The number of guanidine groups is 1. The van der Waals surface area contributed by atoms with E-state index in [0.717, 1.165) is 17.1 Å². The van der Waals surface area contributed by atoms with Crippen molar-refractivity contribution < 1.29 is 14.3 Å². The molecule has 128 valence electrons. The third kappa shape index (κ3) is 5.15. The number of halogens is 1. The predicted molar refractivity (Wildman–Crippen MR) is 99.5 cm³/mol.